The molecule has 6 heteroatoms. The van der Waals surface area contributed by atoms with Crippen LogP contribution in [0.3, 0.4) is 0 Å². The molecule has 2 N–H and O–H groups in total. The van der Waals surface area contributed by atoms with Crippen LogP contribution in [0.2, 0.25) is 0 Å². The van der Waals surface area contributed by atoms with Crippen molar-refractivity contribution in [3.63, 3.8) is 0 Å². The molecular weight excluding hydrogens is 326 g/mol. The molecule has 3 aromatic rings. The molecule has 0 saturated heterocycles. The summed E-state index contributed by atoms with van der Waals surface area (Å²) in [6.07, 6.45) is 9.20. The molecule has 6 nitrogen and oxygen atoms in total. The molecule has 0 bridgehead atoms. The number of carbonyl (C=O) groups excluding carboxylic acids is 1. The van der Waals surface area contributed by atoms with Crippen molar-refractivity contribution < 1.29 is 4.79 Å². The Morgan fingerprint density at radius 1 is 1.08 bits per heavy atom. The smallest absolute Gasteiger partial charge is 0.315 e. The van der Waals surface area contributed by atoms with Crippen LogP contribution in [0.25, 0.3) is 5.82 Å². The van der Waals surface area contributed by atoms with Crippen molar-refractivity contribution in [2.75, 3.05) is 6.54 Å². The number of nitrogens with one attached hydrogen (secondary N) is 2. The number of amides is 2. The van der Waals surface area contributed by atoms with E-state index in [4.69, 9.17) is 0 Å². The van der Waals surface area contributed by atoms with Crippen molar-refractivity contribution in [3.05, 3.63) is 78.5 Å². The Kier molecular flexibility index (Phi) is 4.39. The normalized spacial score (nSPS) is 14.6. The molecule has 0 atom stereocenters. The first kappa shape index (κ1) is 16.3. The molecule has 2 aromatic heterocycles. The van der Waals surface area contributed by atoms with Crippen molar-refractivity contribution >= 4 is 6.03 Å². The van der Waals surface area contributed by atoms with E-state index in [0.717, 1.165) is 24.2 Å². The number of hydrogen-bond donors (Lipinski definition) is 2. The zero-order valence-electron chi connectivity index (χ0n) is 14.4. The lowest BCUT2D eigenvalue weighted by atomic mass is 9.96. The minimum atomic E-state index is -0.160. The van der Waals surface area contributed by atoms with Crippen LogP contribution in [0.15, 0.2) is 67.4 Å². The molecule has 0 unspecified atom stereocenters. The lowest BCUT2D eigenvalue weighted by Crippen LogP contribution is -2.39. The van der Waals surface area contributed by atoms with Crippen LogP contribution in [0.4, 0.5) is 4.79 Å². The molecule has 0 spiro atoms. The predicted octanol–water partition coefficient (Wildman–Crippen LogP) is 2.80. The molecule has 1 aliphatic carbocycles. The average molecular weight is 347 g/mol. The molecule has 1 aliphatic rings. The monoisotopic (exact) mass is 347 g/mol. The Morgan fingerprint density at radius 3 is 2.65 bits per heavy atom. The van der Waals surface area contributed by atoms with E-state index in [2.05, 4.69) is 44.9 Å². The summed E-state index contributed by atoms with van der Waals surface area (Å²) >= 11 is 0. The van der Waals surface area contributed by atoms with Gasteiger partial charge in [0.15, 0.2) is 0 Å². The van der Waals surface area contributed by atoms with Crippen molar-refractivity contribution in [2.45, 2.75) is 24.8 Å². The van der Waals surface area contributed by atoms with Gasteiger partial charge in [-0.15, -0.1) is 0 Å². The van der Waals surface area contributed by atoms with Gasteiger partial charge < -0.3 is 10.6 Å². The maximum absolute atomic E-state index is 12.3. The first-order valence-corrected chi connectivity index (χ1v) is 8.76. The van der Waals surface area contributed by atoms with Crippen LogP contribution in [-0.4, -0.2) is 27.1 Å². The summed E-state index contributed by atoms with van der Waals surface area (Å²) in [7, 11) is 0. The van der Waals surface area contributed by atoms with E-state index < -0.39 is 0 Å². The molecule has 4 rings (SSSR count). The minimum Gasteiger partial charge on any atom is -0.337 e. The van der Waals surface area contributed by atoms with Gasteiger partial charge in [0, 0.05) is 42.7 Å². The van der Waals surface area contributed by atoms with E-state index in [1.54, 1.807) is 18.7 Å². The number of rotatable bonds is 6. The molecule has 2 heterocycles. The minimum absolute atomic E-state index is 0.106. The molecule has 0 radical (unpaired) electrons. The highest BCUT2D eigenvalue weighted by Gasteiger charge is 2.44. The molecule has 1 saturated carbocycles. The van der Waals surface area contributed by atoms with Gasteiger partial charge in [-0.1, -0.05) is 36.4 Å². The number of carbonyl (C=O) groups is 1. The zero-order valence-corrected chi connectivity index (χ0v) is 14.4. The summed E-state index contributed by atoms with van der Waals surface area (Å²) in [6, 6.07) is 14.1. The molecule has 1 aromatic carbocycles. The van der Waals surface area contributed by atoms with Gasteiger partial charge in [-0.3, -0.25) is 4.57 Å². The molecule has 1 fully saturated rings. The summed E-state index contributed by atoms with van der Waals surface area (Å²) in [5.74, 6) is 0.772. The van der Waals surface area contributed by atoms with E-state index in [1.807, 2.05) is 29.0 Å². The van der Waals surface area contributed by atoms with Crippen LogP contribution in [0.5, 0.6) is 0 Å². The quantitative estimate of drug-likeness (QED) is 0.720. The largest absolute Gasteiger partial charge is 0.337 e. The van der Waals surface area contributed by atoms with Crippen molar-refractivity contribution in [1.29, 1.82) is 0 Å². The Bertz CT molecular complexity index is 872. The number of aromatic nitrogens is 3. The summed E-state index contributed by atoms with van der Waals surface area (Å²) in [5.41, 5.74) is 2.34. The highest BCUT2D eigenvalue weighted by Crippen LogP contribution is 2.47. The lowest BCUT2D eigenvalue weighted by Gasteiger charge is -2.17. The first-order valence-electron chi connectivity index (χ1n) is 8.76. The molecule has 2 amide bonds. The van der Waals surface area contributed by atoms with Crippen molar-refractivity contribution in [1.82, 2.24) is 25.2 Å². The summed E-state index contributed by atoms with van der Waals surface area (Å²) in [4.78, 5) is 20.7. The summed E-state index contributed by atoms with van der Waals surface area (Å²) in [6.45, 7) is 1.07. The van der Waals surface area contributed by atoms with Gasteiger partial charge >= 0.3 is 6.03 Å². The van der Waals surface area contributed by atoms with E-state index >= 15 is 0 Å². The van der Waals surface area contributed by atoms with E-state index in [1.165, 1.54) is 5.56 Å². The number of pyridine rings is 1. The summed E-state index contributed by atoms with van der Waals surface area (Å²) < 4.78 is 1.84. The second-order valence-corrected chi connectivity index (χ2v) is 6.64. The number of nitrogens with zero attached hydrogens (tertiary/aromatic N) is 3. The fourth-order valence-electron chi connectivity index (χ4n) is 3.18. The van der Waals surface area contributed by atoms with E-state index in [0.29, 0.717) is 13.1 Å². The number of benzene rings is 1. The van der Waals surface area contributed by atoms with Gasteiger partial charge in [0.05, 0.1) is 0 Å². The van der Waals surface area contributed by atoms with E-state index in [-0.39, 0.29) is 11.4 Å². The Labute approximate surface area is 152 Å². The molecule has 0 aliphatic heterocycles. The number of imidazole rings is 1. The number of urea groups is 1. The fraction of sp³-hybridized carbons (Fsp3) is 0.250. The second kappa shape index (κ2) is 7.00. The van der Waals surface area contributed by atoms with Gasteiger partial charge in [-0.25, -0.2) is 14.8 Å². The predicted molar refractivity (Wildman–Crippen MR) is 99.0 cm³/mol. The first-order chi connectivity index (χ1) is 12.8. The SMILES string of the molecule is O=C(NCc1cccnc1-n1ccnc1)NCC1(c2ccccc2)CC1. The molecule has 26 heavy (non-hydrogen) atoms. The third-order valence-electron chi connectivity index (χ3n) is 4.88. The van der Waals surface area contributed by atoms with Gasteiger partial charge in [0.25, 0.3) is 0 Å². The number of hydrogen-bond acceptors (Lipinski definition) is 3. The molecular formula is C20H21N5O. The van der Waals surface area contributed by atoms with E-state index in [9.17, 15) is 4.79 Å². The third kappa shape index (κ3) is 3.44. The zero-order chi connectivity index (χ0) is 17.8. The highest BCUT2D eigenvalue weighted by molar-refractivity contribution is 5.74. The van der Waals surface area contributed by atoms with Crippen LogP contribution in [0, 0.1) is 0 Å². The van der Waals surface area contributed by atoms with Gasteiger partial charge in [-0.2, -0.15) is 0 Å². The maximum Gasteiger partial charge on any atom is 0.315 e. The van der Waals surface area contributed by atoms with Gasteiger partial charge in [0.1, 0.15) is 12.1 Å². The average Bonchev–Trinajstić information content (AvgIpc) is 3.29. The third-order valence-corrected chi connectivity index (χ3v) is 4.88. The van der Waals surface area contributed by atoms with Crippen LogP contribution >= 0.6 is 0 Å². The van der Waals surface area contributed by atoms with Crippen LogP contribution in [0.1, 0.15) is 24.0 Å². The standard InChI is InChI=1S/C20H21N5O/c26-19(24-14-20(8-9-20)17-6-2-1-3-7-17)23-13-16-5-4-10-22-18(16)25-12-11-21-15-25/h1-7,10-12,15H,8-9,13-14H2,(H2,23,24,26). The van der Waals surface area contributed by atoms with Gasteiger partial charge in [-0.05, 0) is 24.5 Å². The van der Waals surface area contributed by atoms with Crippen LogP contribution < -0.4 is 10.6 Å². The Morgan fingerprint density at radius 2 is 1.92 bits per heavy atom. The fourth-order valence-corrected chi connectivity index (χ4v) is 3.18. The Hall–Kier alpha value is -3.15. The van der Waals surface area contributed by atoms with Gasteiger partial charge in [0.2, 0.25) is 0 Å². The van der Waals surface area contributed by atoms with Crippen molar-refractivity contribution in [2.24, 2.45) is 0 Å². The lowest BCUT2D eigenvalue weighted by molar-refractivity contribution is 0.239. The second-order valence-electron chi connectivity index (χ2n) is 6.64. The Balaban J connectivity index is 1.34. The maximum atomic E-state index is 12.3. The van der Waals surface area contributed by atoms with Crippen LogP contribution in [-0.2, 0) is 12.0 Å². The van der Waals surface area contributed by atoms with Crippen molar-refractivity contribution in [3.8, 4) is 5.82 Å². The topological polar surface area (TPSA) is 71.8 Å². The molecule has 132 valence electrons. The summed E-state index contributed by atoms with van der Waals surface area (Å²) in [5, 5.41) is 5.95. The highest BCUT2D eigenvalue weighted by atomic mass is 16.2.